The Morgan fingerprint density at radius 1 is 1.45 bits per heavy atom. The number of carbonyl (C=O) groups excluding carboxylic acids is 2. The van der Waals surface area contributed by atoms with E-state index >= 15 is 0 Å². The van der Waals surface area contributed by atoms with Gasteiger partial charge in [-0.05, 0) is 27.7 Å². The average molecular weight is 331 g/mol. The smallest absolute Gasteiger partial charge is 0.356 e. The van der Waals surface area contributed by atoms with Crippen LogP contribution in [-0.2, 0) is 30.0 Å². The standard InChI is InChI=1S/C15H25NO5S/c1-8-20-13(18)15(10(2)3)9-11(12(17)21-15)16(7)22(19)14(4,5)6/h9-10H,8H2,1-7H3/t15-,22?/m0/s1. The highest BCUT2D eigenvalue weighted by molar-refractivity contribution is 7.84. The lowest BCUT2D eigenvalue weighted by molar-refractivity contribution is -0.175. The predicted octanol–water partition coefficient (Wildman–Crippen LogP) is 1.78. The van der Waals surface area contributed by atoms with Crippen LogP contribution in [0.1, 0.15) is 41.5 Å². The second-order valence-corrected chi connectivity index (χ2v) is 8.72. The normalized spacial score (nSPS) is 23.1. The molecular weight excluding hydrogens is 306 g/mol. The third kappa shape index (κ3) is 3.34. The van der Waals surface area contributed by atoms with E-state index in [1.807, 2.05) is 20.8 Å². The van der Waals surface area contributed by atoms with Crippen LogP contribution in [0.3, 0.4) is 0 Å². The van der Waals surface area contributed by atoms with Crippen LogP contribution >= 0.6 is 0 Å². The molecule has 0 fully saturated rings. The molecule has 126 valence electrons. The first-order chi connectivity index (χ1) is 9.97. The third-order valence-corrected chi connectivity index (χ3v) is 5.13. The summed E-state index contributed by atoms with van der Waals surface area (Å²) in [6.45, 7) is 10.8. The number of likely N-dealkylation sites (N-methyl/N-ethyl adjacent to an activating group) is 1. The summed E-state index contributed by atoms with van der Waals surface area (Å²) in [4.78, 5) is 24.5. The van der Waals surface area contributed by atoms with Crippen LogP contribution in [0.4, 0.5) is 0 Å². The van der Waals surface area contributed by atoms with Crippen LogP contribution in [0.2, 0.25) is 0 Å². The Hall–Kier alpha value is -1.37. The van der Waals surface area contributed by atoms with Gasteiger partial charge in [-0.25, -0.2) is 13.8 Å². The van der Waals surface area contributed by atoms with E-state index in [9.17, 15) is 13.8 Å². The lowest BCUT2D eigenvalue weighted by atomic mass is 9.90. The van der Waals surface area contributed by atoms with Crippen molar-refractivity contribution in [2.75, 3.05) is 13.7 Å². The van der Waals surface area contributed by atoms with Gasteiger partial charge in [-0.15, -0.1) is 0 Å². The zero-order chi connectivity index (χ0) is 17.3. The number of ether oxygens (including phenoxy) is 2. The summed E-state index contributed by atoms with van der Waals surface area (Å²) in [5.74, 6) is -1.57. The Labute approximate surface area is 134 Å². The minimum atomic E-state index is -1.46. The van der Waals surface area contributed by atoms with Gasteiger partial charge in [0.15, 0.2) is 0 Å². The van der Waals surface area contributed by atoms with E-state index in [1.165, 1.54) is 10.4 Å². The molecule has 0 N–H and O–H groups in total. The number of hydrogen-bond acceptors (Lipinski definition) is 5. The molecule has 0 aliphatic carbocycles. The van der Waals surface area contributed by atoms with Crippen molar-refractivity contribution in [1.82, 2.24) is 4.31 Å². The van der Waals surface area contributed by atoms with Gasteiger partial charge in [0.05, 0.1) is 11.4 Å². The van der Waals surface area contributed by atoms with Crippen LogP contribution in [0, 0.1) is 5.92 Å². The molecule has 7 heteroatoms. The average Bonchev–Trinajstić information content (AvgIpc) is 2.75. The van der Waals surface area contributed by atoms with E-state index in [2.05, 4.69) is 0 Å². The van der Waals surface area contributed by atoms with Crippen molar-refractivity contribution in [3.05, 3.63) is 11.8 Å². The van der Waals surface area contributed by atoms with Gasteiger partial charge in [0, 0.05) is 19.0 Å². The summed E-state index contributed by atoms with van der Waals surface area (Å²) in [6, 6.07) is 0. The zero-order valence-electron chi connectivity index (χ0n) is 14.3. The molecule has 0 aromatic heterocycles. The van der Waals surface area contributed by atoms with Gasteiger partial charge in [0.2, 0.25) is 5.60 Å². The maximum atomic E-state index is 12.4. The van der Waals surface area contributed by atoms with Gasteiger partial charge < -0.3 is 9.47 Å². The van der Waals surface area contributed by atoms with E-state index in [4.69, 9.17) is 9.47 Å². The van der Waals surface area contributed by atoms with Crippen LogP contribution < -0.4 is 0 Å². The molecule has 0 saturated carbocycles. The Kier molecular flexibility index (Phi) is 5.43. The van der Waals surface area contributed by atoms with Gasteiger partial charge in [-0.3, -0.25) is 4.31 Å². The molecule has 22 heavy (non-hydrogen) atoms. The summed E-state index contributed by atoms with van der Waals surface area (Å²) in [5, 5.41) is 0. The number of rotatable bonds is 5. The van der Waals surface area contributed by atoms with E-state index in [0.29, 0.717) is 0 Å². The molecule has 0 saturated heterocycles. The van der Waals surface area contributed by atoms with Crippen molar-refractivity contribution in [2.24, 2.45) is 5.92 Å². The monoisotopic (exact) mass is 331 g/mol. The van der Waals surface area contributed by atoms with Crippen molar-refractivity contribution < 1.29 is 23.3 Å². The maximum absolute atomic E-state index is 12.4. The van der Waals surface area contributed by atoms with Gasteiger partial charge in [0.25, 0.3) is 0 Å². The topological polar surface area (TPSA) is 72.9 Å². The molecule has 1 rings (SSSR count). The lowest BCUT2D eigenvalue weighted by Gasteiger charge is -2.27. The maximum Gasteiger partial charge on any atom is 0.356 e. The fourth-order valence-electron chi connectivity index (χ4n) is 2.08. The highest BCUT2D eigenvalue weighted by Crippen LogP contribution is 2.35. The Bertz CT molecular complexity index is 521. The predicted molar refractivity (Wildman–Crippen MR) is 84.0 cm³/mol. The van der Waals surface area contributed by atoms with Gasteiger partial charge in [0.1, 0.15) is 16.7 Å². The van der Waals surface area contributed by atoms with Crippen LogP contribution in [-0.4, -0.2) is 44.5 Å². The summed E-state index contributed by atoms with van der Waals surface area (Å²) >= 11 is 0. The van der Waals surface area contributed by atoms with Crippen LogP contribution in [0.15, 0.2) is 11.8 Å². The van der Waals surface area contributed by atoms with E-state index in [-0.39, 0.29) is 18.2 Å². The van der Waals surface area contributed by atoms with Crippen molar-refractivity contribution >= 4 is 22.9 Å². The quantitative estimate of drug-likeness (QED) is 0.718. The molecule has 1 aliphatic heterocycles. The molecule has 0 aromatic carbocycles. The van der Waals surface area contributed by atoms with Gasteiger partial charge in [-0.1, -0.05) is 13.8 Å². The number of hydrogen-bond donors (Lipinski definition) is 0. The molecule has 0 spiro atoms. The molecule has 0 aromatic rings. The Morgan fingerprint density at radius 3 is 2.41 bits per heavy atom. The van der Waals surface area contributed by atoms with Gasteiger partial charge in [-0.2, -0.15) is 0 Å². The minimum absolute atomic E-state index is 0.120. The summed E-state index contributed by atoms with van der Waals surface area (Å²) in [6.07, 6.45) is 1.43. The highest BCUT2D eigenvalue weighted by Gasteiger charge is 2.52. The van der Waals surface area contributed by atoms with Crippen molar-refractivity contribution in [1.29, 1.82) is 0 Å². The highest BCUT2D eigenvalue weighted by atomic mass is 32.2. The van der Waals surface area contributed by atoms with Crippen molar-refractivity contribution in [3.63, 3.8) is 0 Å². The van der Waals surface area contributed by atoms with E-state index < -0.39 is 33.3 Å². The van der Waals surface area contributed by atoms with Crippen LogP contribution in [0.25, 0.3) is 0 Å². The molecule has 6 nitrogen and oxygen atoms in total. The number of carbonyl (C=O) groups is 2. The summed E-state index contributed by atoms with van der Waals surface area (Å²) in [7, 11) is 0.108. The Morgan fingerprint density at radius 2 is 2.00 bits per heavy atom. The number of cyclic esters (lactones) is 1. The Balaban J connectivity index is 3.23. The number of nitrogens with zero attached hydrogens (tertiary/aromatic N) is 1. The molecule has 0 amide bonds. The molecule has 1 heterocycles. The summed E-state index contributed by atoms with van der Waals surface area (Å²) in [5.41, 5.74) is -1.34. The minimum Gasteiger partial charge on any atom is -0.463 e. The van der Waals surface area contributed by atoms with E-state index in [0.717, 1.165) is 0 Å². The molecule has 1 aliphatic rings. The molecule has 1 unspecified atom stereocenters. The first-order valence-corrected chi connectivity index (χ1v) is 8.37. The first-order valence-electron chi connectivity index (χ1n) is 7.26. The fourth-order valence-corrected chi connectivity index (χ4v) is 3.21. The zero-order valence-corrected chi connectivity index (χ0v) is 15.1. The first kappa shape index (κ1) is 18.7. The second kappa shape index (κ2) is 6.40. The third-order valence-electron chi connectivity index (χ3n) is 3.39. The molecule has 0 radical (unpaired) electrons. The molecular formula is C15H25NO5S. The largest absolute Gasteiger partial charge is 0.463 e. The van der Waals surface area contributed by atoms with Crippen molar-refractivity contribution in [2.45, 2.75) is 51.9 Å². The number of esters is 2. The van der Waals surface area contributed by atoms with Crippen LogP contribution in [0.5, 0.6) is 0 Å². The fraction of sp³-hybridized carbons (Fsp3) is 0.733. The SMILES string of the molecule is CCOC(=O)[C@@]1(C(C)C)C=C(N(C)S(=O)C(C)(C)C)C(=O)O1. The molecule has 2 atom stereocenters. The van der Waals surface area contributed by atoms with E-state index in [1.54, 1.807) is 27.8 Å². The van der Waals surface area contributed by atoms with Crippen molar-refractivity contribution in [3.8, 4) is 0 Å². The summed E-state index contributed by atoms with van der Waals surface area (Å²) < 4.78 is 23.6. The lowest BCUT2D eigenvalue weighted by Crippen LogP contribution is -2.44. The second-order valence-electron chi connectivity index (χ2n) is 6.45. The van der Waals surface area contributed by atoms with Gasteiger partial charge >= 0.3 is 11.9 Å². The molecule has 0 bridgehead atoms.